The fourth-order valence-corrected chi connectivity index (χ4v) is 2.61. The zero-order valence-electron chi connectivity index (χ0n) is 14.5. The summed E-state index contributed by atoms with van der Waals surface area (Å²) in [6.07, 6.45) is 4.60. The van der Waals surface area contributed by atoms with Crippen LogP contribution < -0.4 is 0 Å². The van der Waals surface area contributed by atoms with Crippen molar-refractivity contribution in [1.82, 2.24) is 0 Å². The van der Waals surface area contributed by atoms with Gasteiger partial charge in [0.1, 0.15) is 11.6 Å². The van der Waals surface area contributed by atoms with E-state index in [1.807, 2.05) is 18.2 Å². The van der Waals surface area contributed by atoms with E-state index in [0.29, 0.717) is 12.5 Å². The zero-order valence-corrected chi connectivity index (χ0v) is 14.5. The molecule has 0 saturated heterocycles. The molecule has 0 spiro atoms. The molecule has 0 amide bonds. The van der Waals surface area contributed by atoms with Crippen molar-refractivity contribution >= 4 is 5.97 Å². The van der Waals surface area contributed by atoms with Gasteiger partial charge >= 0.3 is 5.97 Å². The molecule has 0 aliphatic carbocycles. The third kappa shape index (κ3) is 7.15. The lowest BCUT2D eigenvalue weighted by Crippen LogP contribution is -2.10. The summed E-state index contributed by atoms with van der Waals surface area (Å²) in [6.45, 7) is 6.26. The van der Waals surface area contributed by atoms with E-state index in [1.165, 1.54) is 5.56 Å². The van der Waals surface area contributed by atoms with Crippen LogP contribution >= 0.6 is 0 Å². The molecule has 1 rings (SSSR count). The van der Waals surface area contributed by atoms with E-state index in [0.717, 1.165) is 37.7 Å². The summed E-state index contributed by atoms with van der Waals surface area (Å²) in [7, 11) is 0. The molecule has 1 aromatic rings. The van der Waals surface area contributed by atoms with Crippen LogP contribution in [0.2, 0.25) is 0 Å². The number of allylic oxidation sites excluding steroid dienone is 1. The molecule has 0 aromatic heterocycles. The van der Waals surface area contributed by atoms with E-state index in [9.17, 15) is 10.1 Å². The Bertz CT molecular complexity index is 553. The summed E-state index contributed by atoms with van der Waals surface area (Å²) in [5.74, 6) is -0.0643. The predicted octanol–water partition coefficient (Wildman–Crippen LogP) is 4.83. The van der Waals surface area contributed by atoms with Gasteiger partial charge in [0.25, 0.3) is 0 Å². The summed E-state index contributed by atoms with van der Waals surface area (Å²) >= 11 is 0. The van der Waals surface area contributed by atoms with E-state index in [-0.39, 0.29) is 5.57 Å². The minimum Gasteiger partial charge on any atom is -0.462 e. The molecule has 0 heterocycles. The van der Waals surface area contributed by atoms with Crippen molar-refractivity contribution in [2.75, 3.05) is 6.61 Å². The van der Waals surface area contributed by atoms with Crippen LogP contribution in [-0.4, -0.2) is 12.6 Å². The quantitative estimate of drug-likeness (QED) is 0.284. The van der Waals surface area contributed by atoms with Gasteiger partial charge in [-0.3, -0.25) is 0 Å². The highest BCUT2D eigenvalue weighted by Gasteiger charge is 2.17. The van der Waals surface area contributed by atoms with Crippen LogP contribution in [0.4, 0.5) is 0 Å². The molecule has 0 aliphatic heterocycles. The maximum Gasteiger partial charge on any atom is 0.348 e. The van der Waals surface area contributed by atoms with Crippen molar-refractivity contribution in [2.24, 2.45) is 5.92 Å². The number of esters is 1. The largest absolute Gasteiger partial charge is 0.462 e. The molecule has 0 fully saturated rings. The smallest absolute Gasteiger partial charge is 0.348 e. The highest BCUT2D eigenvalue weighted by Crippen LogP contribution is 2.22. The van der Waals surface area contributed by atoms with E-state index in [1.54, 1.807) is 6.92 Å². The molecule has 0 unspecified atom stereocenters. The molecule has 23 heavy (non-hydrogen) atoms. The Labute approximate surface area is 140 Å². The first-order chi connectivity index (χ1) is 11.1. The minimum atomic E-state index is -0.478. The minimum absolute atomic E-state index is 0.209. The topological polar surface area (TPSA) is 50.1 Å². The molecule has 0 radical (unpaired) electrons. The summed E-state index contributed by atoms with van der Waals surface area (Å²) in [5.41, 5.74) is 2.47. The van der Waals surface area contributed by atoms with Crippen LogP contribution in [0, 0.1) is 17.2 Å². The second-order valence-corrected chi connectivity index (χ2v) is 6.10. The third-order valence-corrected chi connectivity index (χ3v) is 3.64. The molecular weight excluding hydrogens is 286 g/mol. The lowest BCUT2D eigenvalue weighted by molar-refractivity contribution is -0.138. The van der Waals surface area contributed by atoms with Crippen molar-refractivity contribution in [3.63, 3.8) is 0 Å². The summed E-state index contributed by atoms with van der Waals surface area (Å²) < 4.78 is 5.01. The van der Waals surface area contributed by atoms with Gasteiger partial charge in [0.15, 0.2) is 0 Å². The molecular formula is C20H27NO2. The second kappa shape index (κ2) is 10.6. The highest BCUT2D eigenvalue weighted by atomic mass is 16.5. The van der Waals surface area contributed by atoms with Crippen LogP contribution in [0.15, 0.2) is 41.5 Å². The molecule has 0 atom stereocenters. The standard InChI is InChI=1S/C20H27NO2/c1-4-23-20(22)19(15-21)18(14-16(2)3)13-9-8-12-17-10-6-5-7-11-17/h5-7,10-11,16H,4,8-9,12-14H2,1-3H3/b19-18+. The predicted molar refractivity (Wildman–Crippen MR) is 92.7 cm³/mol. The highest BCUT2D eigenvalue weighted by molar-refractivity contribution is 5.93. The number of aryl methyl sites for hydroxylation is 1. The number of benzene rings is 1. The zero-order chi connectivity index (χ0) is 17.1. The van der Waals surface area contributed by atoms with E-state index in [2.05, 4.69) is 32.0 Å². The first-order valence-corrected chi connectivity index (χ1v) is 8.41. The molecule has 3 nitrogen and oxygen atoms in total. The summed E-state index contributed by atoms with van der Waals surface area (Å²) in [6, 6.07) is 12.4. The van der Waals surface area contributed by atoms with Crippen LogP contribution in [0.5, 0.6) is 0 Å². The van der Waals surface area contributed by atoms with Crippen LogP contribution in [-0.2, 0) is 16.0 Å². The molecule has 0 bridgehead atoms. The first kappa shape index (κ1) is 19.0. The Hall–Kier alpha value is -2.08. The van der Waals surface area contributed by atoms with Crippen molar-refractivity contribution in [3.05, 3.63) is 47.0 Å². The molecule has 0 aliphatic rings. The average Bonchev–Trinajstić information content (AvgIpc) is 2.52. The summed E-state index contributed by atoms with van der Waals surface area (Å²) in [5, 5.41) is 9.33. The number of ether oxygens (including phenoxy) is 1. The number of hydrogen-bond donors (Lipinski definition) is 0. The average molecular weight is 313 g/mol. The number of nitrogens with zero attached hydrogens (tertiary/aromatic N) is 1. The van der Waals surface area contributed by atoms with Gasteiger partial charge in [-0.05, 0) is 56.1 Å². The van der Waals surface area contributed by atoms with Crippen molar-refractivity contribution < 1.29 is 9.53 Å². The van der Waals surface area contributed by atoms with Crippen LogP contribution in [0.25, 0.3) is 0 Å². The Balaban J connectivity index is 2.66. The molecule has 124 valence electrons. The monoisotopic (exact) mass is 313 g/mol. The Kier molecular flexibility index (Phi) is 8.75. The SMILES string of the molecule is CCOC(=O)/C(C#N)=C(\CCCCc1ccccc1)CC(C)C. The van der Waals surface area contributed by atoms with E-state index < -0.39 is 5.97 Å². The number of nitriles is 1. The number of carbonyl (C=O) groups excluding carboxylic acids is 1. The Morgan fingerprint density at radius 3 is 2.48 bits per heavy atom. The van der Waals surface area contributed by atoms with Crippen LogP contribution in [0.1, 0.15) is 52.0 Å². The molecule has 0 saturated carbocycles. The maximum atomic E-state index is 11.9. The van der Waals surface area contributed by atoms with E-state index >= 15 is 0 Å². The van der Waals surface area contributed by atoms with Crippen molar-refractivity contribution in [1.29, 1.82) is 5.26 Å². The first-order valence-electron chi connectivity index (χ1n) is 8.41. The number of carbonyl (C=O) groups is 1. The van der Waals surface area contributed by atoms with Crippen molar-refractivity contribution in [2.45, 2.75) is 52.9 Å². The lowest BCUT2D eigenvalue weighted by Gasteiger charge is -2.13. The summed E-state index contributed by atoms with van der Waals surface area (Å²) in [4.78, 5) is 11.9. The van der Waals surface area contributed by atoms with Gasteiger partial charge in [-0.15, -0.1) is 0 Å². The van der Waals surface area contributed by atoms with E-state index in [4.69, 9.17) is 4.74 Å². The number of unbranched alkanes of at least 4 members (excludes halogenated alkanes) is 1. The maximum absolute atomic E-state index is 11.9. The fraction of sp³-hybridized carbons (Fsp3) is 0.500. The Morgan fingerprint density at radius 2 is 1.91 bits per heavy atom. The van der Waals surface area contributed by atoms with Gasteiger partial charge in [0.2, 0.25) is 0 Å². The lowest BCUT2D eigenvalue weighted by atomic mass is 9.93. The Morgan fingerprint density at radius 1 is 1.22 bits per heavy atom. The van der Waals surface area contributed by atoms with Gasteiger partial charge < -0.3 is 4.74 Å². The van der Waals surface area contributed by atoms with Gasteiger partial charge in [0, 0.05) is 0 Å². The normalized spacial score (nSPS) is 11.8. The number of rotatable bonds is 9. The van der Waals surface area contributed by atoms with Gasteiger partial charge in [-0.25, -0.2) is 4.79 Å². The second-order valence-electron chi connectivity index (χ2n) is 6.10. The van der Waals surface area contributed by atoms with Gasteiger partial charge in [0.05, 0.1) is 6.61 Å². The van der Waals surface area contributed by atoms with Crippen molar-refractivity contribution in [3.8, 4) is 6.07 Å². The number of hydrogen-bond acceptors (Lipinski definition) is 3. The third-order valence-electron chi connectivity index (χ3n) is 3.64. The molecule has 1 aromatic carbocycles. The fourth-order valence-electron chi connectivity index (χ4n) is 2.61. The van der Waals surface area contributed by atoms with Gasteiger partial charge in [-0.2, -0.15) is 5.26 Å². The molecule has 0 N–H and O–H groups in total. The van der Waals surface area contributed by atoms with Gasteiger partial charge in [-0.1, -0.05) is 44.2 Å². The molecule has 3 heteroatoms. The van der Waals surface area contributed by atoms with Crippen LogP contribution in [0.3, 0.4) is 0 Å².